The molecule has 0 aliphatic carbocycles. The van der Waals surface area contributed by atoms with Crippen molar-refractivity contribution in [2.75, 3.05) is 13.2 Å². The first-order valence-electron chi connectivity index (χ1n) is 2.80. The number of hydrogen-bond acceptors (Lipinski definition) is 3. The number of aliphatic hydroxyl groups excluding tert-OH is 2. The molecule has 1 aliphatic heterocycles. The van der Waals surface area contributed by atoms with Crippen molar-refractivity contribution >= 4 is 0 Å². The Bertz CT molecular complexity index is 98.2. The Morgan fingerprint density at radius 3 is 2.56 bits per heavy atom. The summed E-state index contributed by atoms with van der Waals surface area (Å²) in [6, 6.07) is 0. The number of rotatable bonds is 1. The van der Waals surface area contributed by atoms with Crippen LogP contribution in [0.3, 0.4) is 0 Å². The van der Waals surface area contributed by atoms with Gasteiger partial charge in [-0.3, -0.25) is 0 Å². The van der Waals surface area contributed by atoms with E-state index >= 15 is 0 Å². The fourth-order valence-electron chi connectivity index (χ4n) is 0.806. The van der Waals surface area contributed by atoms with Gasteiger partial charge in [-0.2, -0.15) is 0 Å². The van der Waals surface area contributed by atoms with E-state index in [1.54, 1.807) is 0 Å². The van der Waals surface area contributed by atoms with Crippen molar-refractivity contribution in [1.29, 1.82) is 0 Å². The second-order valence-corrected chi connectivity index (χ2v) is 2.06. The van der Waals surface area contributed by atoms with Crippen LogP contribution < -0.4 is 0 Å². The van der Waals surface area contributed by atoms with E-state index in [9.17, 15) is 4.39 Å². The lowest BCUT2D eigenvalue weighted by molar-refractivity contribution is 0.000304. The largest absolute Gasteiger partial charge is 0.394 e. The standard InChI is InChI=1S/C5H9FO3/c6-3-2-9-4(1-7)5(3)8/h3-5,7-8H,1-2H2/t3-,4-,5+/m1/s1. The smallest absolute Gasteiger partial charge is 0.152 e. The molecule has 9 heavy (non-hydrogen) atoms. The third-order valence-corrected chi connectivity index (χ3v) is 1.40. The van der Waals surface area contributed by atoms with Crippen molar-refractivity contribution < 1.29 is 19.3 Å². The third-order valence-electron chi connectivity index (χ3n) is 1.40. The highest BCUT2D eigenvalue weighted by molar-refractivity contribution is 4.82. The van der Waals surface area contributed by atoms with Crippen LogP contribution in [0.5, 0.6) is 0 Å². The first-order chi connectivity index (χ1) is 4.25. The minimum absolute atomic E-state index is 0.105. The predicted octanol–water partition coefficient (Wildman–Crippen LogP) is -0.923. The van der Waals surface area contributed by atoms with Crippen molar-refractivity contribution in [2.24, 2.45) is 0 Å². The summed E-state index contributed by atoms with van der Waals surface area (Å²) >= 11 is 0. The topological polar surface area (TPSA) is 49.7 Å². The summed E-state index contributed by atoms with van der Waals surface area (Å²) in [5.41, 5.74) is 0. The van der Waals surface area contributed by atoms with Gasteiger partial charge in [0.25, 0.3) is 0 Å². The SMILES string of the molecule is OC[C@H]1OC[C@@H](F)[C@@H]1O. The van der Waals surface area contributed by atoms with Crippen LogP contribution >= 0.6 is 0 Å². The van der Waals surface area contributed by atoms with Gasteiger partial charge in [0, 0.05) is 0 Å². The third kappa shape index (κ3) is 1.20. The highest BCUT2D eigenvalue weighted by Crippen LogP contribution is 2.15. The summed E-state index contributed by atoms with van der Waals surface area (Å²) in [6.45, 7) is -0.423. The van der Waals surface area contributed by atoms with Gasteiger partial charge in [0.2, 0.25) is 0 Å². The molecule has 1 rings (SSSR count). The van der Waals surface area contributed by atoms with Crippen LogP contribution in [-0.4, -0.2) is 41.8 Å². The summed E-state index contributed by atoms with van der Waals surface area (Å²) in [5, 5.41) is 17.2. The van der Waals surface area contributed by atoms with E-state index in [0.29, 0.717) is 0 Å². The average molecular weight is 136 g/mol. The van der Waals surface area contributed by atoms with Crippen LogP contribution in [0.1, 0.15) is 0 Å². The van der Waals surface area contributed by atoms with E-state index in [2.05, 4.69) is 4.74 Å². The molecule has 2 N–H and O–H groups in total. The number of halogens is 1. The molecule has 4 heteroatoms. The number of aliphatic hydroxyl groups is 2. The normalized spacial score (nSPS) is 43.7. The van der Waals surface area contributed by atoms with Gasteiger partial charge < -0.3 is 14.9 Å². The Hall–Kier alpha value is -0.190. The molecule has 0 aromatic carbocycles. The molecule has 0 aromatic heterocycles. The van der Waals surface area contributed by atoms with E-state index in [4.69, 9.17) is 10.2 Å². The van der Waals surface area contributed by atoms with Gasteiger partial charge in [0.15, 0.2) is 6.17 Å². The van der Waals surface area contributed by atoms with Crippen LogP contribution in [0.4, 0.5) is 4.39 Å². The zero-order valence-corrected chi connectivity index (χ0v) is 4.83. The Morgan fingerprint density at radius 1 is 1.67 bits per heavy atom. The lowest BCUT2D eigenvalue weighted by Crippen LogP contribution is -2.29. The van der Waals surface area contributed by atoms with Crippen molar-refractivity contribution in [2.45, 2.75) is 18.4 Å². The summed E-state index contributed by atoms with van der Waals surface area (Å²) in [6.07, 6.45) is -3.20. The Balaban J connectivity index is 2.41. The van der Waals surface area contributed by atoms with Gasteiger partial charge in [-0.25, -0.2) is 4.39 Å². The minimum Gasteiger partial charge on any atom is -0.394 e. The number of hydrogen-bond donors (Lipinski definition) is 2. The maximum atomic E-state index is 12.3. The summed E-state index contributed by atoms with van der Waals surface area (Å²) in [4.78, 5) is 0. The molecular weight excluding hydrogens is 127 g/mol. The highest BCUT2D eigenvalue weighted by Gasteiger charge is 2.35. The average Bonchev–Trinajstić information content (AvgIpc) is 2.15. The maximum absolute atomic E-state index is 12.3. The van der Waals surface area contributed by atoms with Gasteiger partial charge in [-0.1, -0.05) is 0 Å². The molecular formula is C5H9FO3. The molecule has 0 unspecified atom stereocenters. The molecule has 0 spiro atoms. The highest BCUT2D eigenvalue weighted by atomic mass is 19.1. The van der Waals surface area contributed by atoms with Gasteiger partial charge >= 0.3 is 0 Å². The second kappa shape index (κ2) is 2.60. The van der Waals surface area contributed by atoms with E-state index in [1.807, 2.05) is 0 Å². The fourth-order valence-corrected chi connectivity index (χ4v) is 0.806. The van der Waals surface area contributed by atoms with Gasteiger partial charge in [-0.05, 0) is 0 Å². The maximum Gasteiger partial charge on any atom is 0.152 e. The second-order valence-electron chi connectivity index (χ2n) is 2.06. The Kier molecular flexibility index (Phi) is 2.00. The summed E-state index contributed by atoms with van der Waals surface area (Å²) < 4.78 is 16.9. The summed E-state index contributed by atoms with van der Waals surface area (Å²) in [5.74, 6) is 0. The van der Waals surface area contributed by atoms with Gasteiger partial charge in [-0.15, -0.1) is 0 Å². The van der Waals surface area contributed by atoms with Crippen LogP contribution in [-0.2, 0) is 4.74 Å². The number of ether oxygens (including phenoxy) is 1. The Labute approximate surface area is 52.1 Å². The lowest BCUT2D eigenvalue weighted by Gasteiger charge is -2.09. The fraction of sp³-hybridized carbons (Fsp3) is 1.00. The molecule has 1 aliphatic rings. The van der Waals surface area contributed by atoms with E-state index in [-0.39, 0.29) is 13.2 Å². The predicted molar refractivity (Wildman–Crippen MR) is 27.7 cm³/mol. The molecule has 0 amide bonds. The minimum atomic E-state index is -1.33. The zero-order chi connectivity index (χ0) is 6.85. The molecule has 0 bridgehead atoms. The van der Waals surface area contributed by atoms with Crippen LogP contribution in [0.15, 0.2) is 0 Å². The number of alkyl halides is 1. The van der Waals surface area contributed by atoms with Crippen molar-refractivity contribution in [3.8, 4) is 0 Å². The van der Waals surface area contributed by atoms with Crippen molar-refractivity contribution in [3.05, 3.63) is 0 Å². The molecule has 54 valence electrons. The molecule has 0 aromatic rings. The zero-order valence-electron chi connectivity index (χ0n) is 4.83. The first kappa shape index (κ1) is 6.92. The van der Waals surface area contributed by atoms with Gasteiger partial charge in [0.05, 0.1) is 13.2 Å². The van der Waals surface area contributed by atoms with Crippen molar-refractivity contribution in [3.63, 3.8) is 0 Å². The van der Waals surface area contributed by atoms with E-state index in [0.717, 1.165) is 0 Å². The van der Waals surface area contributed by atoms with Gasteiger partial charge in [0.1, 0.15) is 12.2 Å². The van der Waals surface area contributed by atoms with E-state index < -0.39 is 18.4 Å². The lowest BCUT2D eigenvalue weighted by atomic mass is 10.2. The molecule has 3 atom stereocenters. The molecule has 3 nitrogen and oxygen atoms in total. The molecule has 1 fully saturated rings. The molecule has 1 heterocycles. The monoisotopic (exact) mass is 136 g/mol. The van der Waals surface area contributed by atoms with Crippen LogP contribution in [0, 0.1) is 0 Å². The quantitative estimate of drug-likeness (QED) is 0.490. The Morgan fingerprint density at radius 2 is 2.33 bits per heavy atom. The molecule has 1 saturated heterocycles. The van der Waals surface area contributed by atoms with Crippen LogP contribution in [0.25, 0.3) is 0 Å². The molecule has 0 saturated carbocycles. The van der Waals surface area contributed by atoms with E-state index in [1.165, 1.54) is 0 Å². The van der Waals surface area contributed by atoms with Crippen molar-refractivity contribution in [1.82, 2.24) is 0 Å². The van der Waals surface area contributed by atoms with Crippen LogP contribution in [0.2, 0.25) is 0 Å². The molecule has 0 radical (unpaired) electrons. The first-order valence-corrected chi connectivity index (χ1v) is 2.80. The summed E-state index contributed by atoms with van der Waals surface area (Å²) in [7, 11) is 0.